The molecule has 0 unspecified atom stereocenters. The number of nitrogens with zero attached hydrogens (tertiary/aromatic N) is 1. The molecule has 0 atom stereocenters. The van der Waals surface area contributed by atoms with Gasteiger partial charge < -0.3 is 5.11 Å². The number of hydrogen-bond acceptors (Lipinski definition) is 2. The fourth-order valence-electron chi connectivity index (χ4n) is 2.91. The summed E-state index contributed by atoms with van der Waals surface area (Å²) in [6, 6.07) is 0. The van der Waals surface area contributed by atoms with Gasteiger partial charge in [0.15, 0.2) is 0 Å². The molecule has 0 spiro atoms. The topological polar surface area (TPSA) is 23.5 Å². The summed E-state index contributed by atoms with van der Waals surface area (Å²) in [6.07, 6.45) is 5.28. The first kappa shape index (κ1) is 15.0. The molecule has 1 aliphatic rings. The molecule has 1 saturated heterocycles. The van der Waals surface area contributed by atoms with E-state index in [4.69, 9.17) is 0 Å². The Kier molecular flexibility index (Phi) is 5.03. The monoisotopic (exact) mass is 241 g/mol. The SMILES string of the molecule is CCC(CC)CC1(O)CCN(C(C)(C)C)CC1. The van der Waals surface area contributed by atoms with Crippen LogP contribution in [0.5, 0.6) is 0 Å². The van der Waals surface area contributed by atoms with E-state index in [0.717, 1.165) is 32.4 Å². The van der Waals surface area contributed by atoms with E-state index in [1.54, 1.807) is 0 Å². The quantitative estimate of drug-likeness (QED) is 0.815. The number of rotatable bonds is 4. The van der Waals surface area contributed by atoms with E-state index in [2.05, 4.69) is 39.5 Å². The molecule has 0 aromatic heterocycles. The molecule has 2 nitrogen and oxygen atoms in total. The summed E-state index contributed by atoms with van der Waals surface area (Å²) < 4.78 is 0. The lowest BCUT2D eigenvalue weighted by atomic mass is 9.80. The molecule has 1 heterocycles. The summed E-state index contributed by atoms with van der Waals surface area (Å²) in [4.78, 5) is 2.49. The Hall–Kier alpha value is -0.0800. The van der Waals surface area contributed by atoms with Crippen molar-refractivity contribution in [1.29, 1.82) is 0 Å². The van der Waals surface area contributed by atoms with Gasteiger partial charge in [-0.1, -0.05) is 26.7 Å². The van der Waals surface area contributed by atoms with Crippen molar-refractivity contribution in [3.63, 3.8) is 0 Å². The summed E-state index contributed by atoms with van der Waals surface area (Å²) in [5.41, 5.74) is -0.144. The normalized spacial score (nSPS) is 22.1. The van der Waals surface area contributed by atoms with E-state index in [1.165, 1.54) is 12.8 Å². The van der Waals surface area contributed by atoms with E-state index < -0.39 is 5.60 Å². The molecule has 0 amide bonds. The van der Waals surface area contributed by atoms with Gasteiger partial charge in [0.25, 0.3) is 0 Å². The minimum absolute atomic E-state index is 0.246. The minimum atomic E-state index is -0.390. The predicted molar refractivity (Wildman–Crippen MR) is 74.2 cm³/mol. The maximum atomic E-state index is 10.7. The van der Waals surface area contributed by atoms with Crippen LogP contribution in [0.1, 0.15) is 66.7 Å². The predicted octanol–water partition coefficient (Wildman–Crippen LogP) is 3.44. The van der Waals surface area contributed by atoms with E-state index in [0.29, 0.717) is 5.92 Å². The van der Waals surface area contributed by atoms with E-state index in [9.17, 15) is 5.11 Å². The van der Waals surface area contributed by atoms with Crippen LogP contribution in [0, 0.1) is 5.92 Å². The van der Waals surface area contributed by atoms with Crippen molar-refractivity contribution < 1.29 is 5.11 Å². The second-order valence-corrected chi connectivity index (χ2v) is 6.77. The van der Waals surface area contributed by atoms with Crippen molar-refractivity contribution in [2.75, 3.05) is 13.1 Å². The Bertz CT molecular complexity index is 220. The average molecular weight is 241 g/mol. The average Bonchev–Trinajstić information content (AvgIpc) is 2.25. The second kappa shape index (κ2) is 5.71. The van der Waals surface area contributed by atoms with E-state index >= 15 is 0 Å². The van der Waals surface area contributed by atoms with Crippen molar-refractivity contribution in [3.05, 3.63) is 0 Å². The zero-order chi connectivity index (χ0) is 13.1. The molecule has 0 radical (unpaired) electrons. The van der Waals surface area contributed by atoms with Crippen molar-refractivity contribution >= 4 is 0 Å². The van der Waals surface area contributed by atoms with Crippen LogP contribution < -0.4 is 0 Å². The van der Waals surface area contributed by atoms with Gasteiger partial charge in [0.2, 0.25) is 0 Å². The van der Waals surface area contributed by atoms with Crippen LogP contribution in [0.3, 0.4) is 0 Å². The second-order valence-electron chi connectivity index (χ2n) is 6.77. The van der Waals surface area contributed by atoms with E-state index in [-0.39, 0.29) is 5.54 Å². The molecular weight excluding hydrogens is 210 g/mol. The maximum absolute atomic E-state index is 10.7. The smallest absolute Gasteiger partial charge is 0.0674 e. The summed E-state index contributed by atoms with van der Waals surface area (Å²) in [5, 5.41) is 10.7. The minimum Gasteiger partial charge on any atom is -0.390 e. The molecule has 1 aliphatic heterocycles. The van der Waals surface area contributed by atoms with Gasteiger partial charge in [-0.25, -0.2) is 0 Å². The van der Waals surface area contributed by atoms with Crippen molar-refractivity contribution in [3.8, 4) is 0 Å². The first-order valence-electron chi connectivity index (χ1n) is 7.28. The van der Waals surface area contributed by atoms with E-state index in [1.807, 2.05) is 0 Å². The molecule has 0 aromatic rings. The highest BCUT2D eigenvalue weighted by Crippen LogP contribution is 2.33. The van der Waals surface area contributed by atoms with Crippen LogP contribution in [-0.2, 0) is 0 Å². The number of aliphatic hydroxyl groups is 1. The molecule has 1 N–H and O–H groups in total. The van der Waals surface area contributed by atoms with Crippen molar-refractivity contribution in [1.82, 2.24) is 4.90 Å². The fraction of sp³-hybridized carbons (Fsp3) is 1.00. The largest absolute Gasteiger partial charge is 0.390 e. The third-order valence-corrected chi connectivity index (χ3v) is 4.47. The van der Waals surface area contributed by atoms with Gasteiger partial charge in [-0.15, -0.1) is 0 Å². The fourth-order valence-corrected chi connectivity index (χ4v) is 2.91. The van der Waals surface area contributed by atoms with Gasteiger partial charge in [-0.05, 0) is 46.0 Å². The first-order valence-corrected chi connectivity index (χ1v) is 7.28. The molecule has 0 saturated carbocycles. The van der Waals surface area contributed by atoms with Crippen LogP contribution >= 0.6 is 0 Å². The molecule has 0 bridgehead atoms. The summed E-state index contributed by atoms with van der Waals surface area (Å²) in [6.45, 7) is 13.3. The molecule has 1 rings (SSSR count). The zero-order valence-electron chi connectivity index (χ0n) is 12.4. The Morgan fingerprint density at radius 1 is 1.12 bits per heavy atom. The molecule has 0 aromatic carbocycles. The summed E-state index contributed by atoms with van der Waals surface area (Å²) >= 11 is 0. The molecule has 2 heteroatoms. The van der Waals surface area contributed by atoms with Gasteiger partial charge in [-0.3, -0.25) is 4.90 Å². The molecule has 0 aliphatic carbocycles. The first-order chi connectivity index (χ1) is 7.80. The highest BCUT2D eigenvalue weighted by molar-refractivity contribution is 4.91. The molecule has 102 valence electrons. The molecule has 1 fully saturated rings. The lowest BCUT2D eigenvalue weighted by Gasteiger charge is -2.45. The van der Waals surface area contributed by atoms with Crippen molar-refractivity contribution in [2.45, 2.75) is 77.9 Å². The molecular formula is C15H31NO. The molecule has 17 heavy (non-hydrogen) atoms. The standard InChI is InChI=1S/C15H31NO/c1-6-13(7-2)12-15(17)8-10-16(11-9-15)14(3,4)5/h13,17H,6-12H2,1-5H3. The van der Waals surface area contributed by atoms with Gasteiger partial charge in [-0.2, -0.15) is 0 Å². The van der Waals surface area contributed by atoms with Crippen LogP contribution in [0.15, 0.2) is 0 Å². The number of likely N-dealkylation sites (tertiary alicyclic amines) is 1. The van der Waals surface area contributed by atoms with Crippen LogP contribution in [0.2, 0.25) is 0 Å². The van der Waals surface area contributed by atoms with Gasteiger partial charge in [0, 0.05) is 18.6 Å². The Morgan fingerprint density at radius 3 is 1.94 bits per heavy atom. The van der Waals surface area contributed by atoms with Crippen LogP contribution in [-0.4, -0.2) is 34.2 Å². The van der Waals surface area contributed by atoms with Gasteiger partial charge >= 0.3 is 0 Å². The maximum Gasteiger partial charge on any atom is 0.0674 e. The van der Waals surface area contributed by atoms with Crippen LogP contribution in [0.4, 0.5) is 0 Å². The number of hydrogen-bond donors (Lipinski definition) is 1. The summed E-state index contributed by atoms with van der Waals surface area (Å²) in [7, 11) is 0. The Morgan fingerprint density at radius 2 is 1.59 bits per heavy atom. The van der Waals surface area contributed by atoms with Crippen molar-refractivity contribution in [2.24, 2.45) is 5.92 Å². The third-order valence-electron chi connectivity index (χ3n) is 4.47. The van der Waals surface area contributed by atoms with Gasteiger partial charge in [0.05, 0.1) is 5.60 Å². The van der Waals surface area contributed by atoms with Crippen LogP contribution in [0.25, 0.3) is 0 Å². The Balaban J connectivity index is 2.49. The lowest BCUT2D eigenvalue weighted by Crippen LogP contribution is -2.51. The van der Waals surface area contributed by atoms with Gasteiger partial charge in [0.1, 0.15) is 0 Å². The summed E-state index contributed by atoms with van der Waals surface area (Å²) in [5.74, 6) is 0.696. The zero-order valence-corrected chi connectivity index (χ0v) is 12.4. The Labute approximate surface area is 107 Å². The highest BCUT2D eigenvalue weighted by atomic mass is 16.3. The lowest BCUT2D eigenvalue weighted by molar-refractivity contribution is -0.0568. The highest BCUT2D eigenvalue weighted by Gasteiger charge is 2.36. The number of piperidine rings is 1. The third kappa shape index (κ3) is 4.26.